The smallest absolute Gasteiger partial charge is 0.0328 e. The molecular weight excluding hydrogens is 312 g/mol. The van der Waals surface area contributed by atoms with Crippen molar-refractivity contribution < 1.29 is 0 Å². The molecule has 112 valence electrons. The summed E-state index contributed by atoms with van der Waals surface area (Å²) in [6.07, 6.45) is 6.50. The largest absolute Gasteiger partial charge is 0.308 e. The normalized spacial score (nSPS) is 19.4. The van der Waals surface area contributed by atoms with Gasteiger partial charge in [0.05, 0.1) is 0 Å². The molecule has 1 aliphatic carbocycles. The van der Waals surface area contributed by atoms with Crippen LogP contribution in [0.5, 0.6) is 0 Å². The first-order chi connectivity index (χ1) is 9.57. The SMILES string of the molecule is CCC(NCC1(N(C)C)CCCC1)c1cccc(Br)c1. The van der Waals surface area contributed by atoms with Crippen LogP contribution in [-0.2, 0) is 0 Å². The predicted octanol–water partition coefficient (Wildman–Crippen LogP) is 4.36. The van der Waals surface area contributed by atoms with Crippen LogP contribution in [0.25, 0.3) is 0 Å². The summed E-state index contributed by atoms with van der Waals surface area (Å²) >= 11 is 3.57. The van der Waals surface area contributed by atoms with Crippen molar-refractivity contribution in [2.24, 2.45) is 0 Å². The van der Waals surface area contributed by atoms with Crippen LogP contribution in [0.4, 0.5) is 0 Å². The van der Waals surface area contributed by atoms with E-state index in [0.29, 0.717) is 11.6 Å². The second kappa shape index (κ2) is 7.06. The highest BCUT2D eigenvalue weighted by atomic mass is 79.9. The van der Waals surface area contributed by atoms with Gasteiger partial charge in [0.1, 0.15) is 0 Å². The van der Waals surface area contributed by atoms with Crippen LogP contribution in [0, 0.1) is 0 Å². The monoisotopic (exact) mass is 338 g/mol. The van der Waals surface area contributed by atoms with E-state index in [9.17, 15) is 0 Å². The van der Waals surface area contributed by atoms with Gasteiger partial charge in [0, 0.05) is 22.6 Å². The van der Waals surface area contributed by atoms with Crippen molar-refractivity contribution in [1.82, 2.24) is 10.2 Å². The highest BCUT2D eigenvalue weighted by Crippen LogP contribution is 2.34. The van der Waals surface area contributed by atoms with Crippen molar-refractivity contribution in [3.05, 3.63) is 34.3 Å². The van der Waals surface area contributed by atoms with Gasteiger partial charge in [-0.05, 0) is 51.1 Å². The molecule has 0 spiro atoms. The lowest BCUT2D eigenvalue weighted by Gasteiger charge is -2.38. The maximum atomic E-state index is 3.81. The van der Waals surface area contributed by atoms with Crippen molar-refractivity contribution in [1.29, 1.82) is 0 Å². The molecule has 20 heavy (non-hydrogen) atoms. The molecule has 1 aromatic carbocycles. The predicted molar refractivity (Wildman–Crippen MR) is 90.1 cm³/mol. The summed E-state index contributed by atoms with van der Waals surface area (Å²) in [5, 5.41) is 3.81. The zero-order valence-electron chi connectivity index (χ0n) is 13.0. The van der Waals surface area contributed by atoms with E-state index in [-0.39, 0.29) is 0 Å². The molecule has 0 amide bonds. The maximum absolute atomic E-state index is 3.81. The molecule has 1 fully saturated rings. The Morgan fingerprint density at radius 2 is 2.00 bits per heavy atom. The Hall–Kier alpha value is -0.380. The molecule has 1 unspecified atom stereocenters. The minimum absolute atomic E-state index is 0.361. The van der Waals surface area contributed by atoms with Gasteiger partial charge in [0.2, 0.25) is 0 Å². The van der Waals surface area contributed by atoms with E-state index in [0.717, 1.165) is 13.0 Å². The van der Waals surface area contributed by atoms with Crippen LogP contribution in [0.15, 0.2) is 28.7 Å². The van der Waals surface area contributed by atoms with Crippen LogP contribution in [0.1, 0.15) is 50.6 Å². The van der Waals surface area contributed by atoms with E-state index in [1.807, 2.05) is 0 Å². The van der Waals surface area contributed by atoms with E-state index < -0.39 is 0 Å². The molecule has 0 saturated heterocycles. The molecule has 1 aromatic rings. The van der Waals surface area contributed by atoms with Gasteiger partial charge in [0.15, 0.2) is 0 Å². The second-order valence-electron chi connectivity index (χ2n) is 6.22. The fraction of sp³-hybridized carbons (Fsp3) is 0.647. The third-order valence-electron chi connectivity index (χ3n) is 4.82. The Labute approximate surface area is 132 Å². The first-order valence-corrected chi connectivity index (χ1v) is 8.53. The Bertz CT molecular complexity index is 425. The van der Waals surface area contributed by atoms with Crippen molar-refractivity contribution in [2.45, 2.75) is 50.6 Å². The first-order valence-electron chi connectivity index (χ1n) is 7.74. The number of hydrogen-bond acceptors (Lipinski definition) is 2. The molecule has 1 N–H and O–H groups in total. The molecule has 2 nitrogen and oxygen atoms in total. The average molecular weight is 339 g/mol. The van der Waals surface area contributed by atoms with E-state index in [1.165, 1.54) is 35.7 Å². The molecule has 3 heteroatoms. The second-order valence-corrected chi connectivity index (χ2v) is 7.14. The third kappa shape index (κ3) is 3.63. The summed E-state index contributed by atoms with van der Waals surface area (Å²) in [5.41, 5.74) is 1.74. The Kier molecular flexibility index (Phi) is 5.65. The molecule has 0 bridgehead atoms. The van der Waals surface area contributed by atoms with Gasteiger partial charge < -0.3 is 10.2 Å². The summed E-state index contributed by atoms with van der Waals surface area (Å²) < 4.78 is 1.17. The number of nitrogens with zero attached hydrogens (tertiary/aromatic N) is 1. The molecule has 1 saturated carbocycles. The maximum Gasteiger partial charge on any atom is 0.0328 e. The number of likely N-dealkylation sites (N-methyl/N-ethyl adjacent to an activating group) is 1. The number of rotatable bonds is 6. The number of halogens is 1. The van der Waals surface area contributed by atoms with Crippen LogP contribution in [-0.4, -0.2) is 31.1 Å². The highest BCUT2D eigenvalue weighted by Gasteiger charge is 2.36. The number of nitrogens with one attached hydrogen (secondary N) is 1. The number of benzene rings is 1. The average Bonchev–Trinajstić information content (AvgIpc) is 2.90. The van der Waals surface area contributed by atoms with E-state index in [1.54, 1.807) is 0 Å². The van der Waals surface area contributed by atoms with Gasteiger partial charge in [-0.2, -0.15) is 0 Å². The quantitative estimate of drug-likeness (QED) is 0.828. The fourth-order valence-corrected chi connectivity index (χ4v) is 3.77. The molecule has 1 atom stereocenters. The Morgan fingerprint density at radius 1 is 1.30 bits per heavy atom. The van der Waals surface area contributed by atoms with Crippen molar-refractivity contribution in [3.8, 4) is 0 Å². The number of hydrogen-bond donors (Lipinski definition) is 1. The van der Waals surface area contributed by atoms with Crippen molar-refractivity contribution in [3.63, 3.8) is 0 Å². The standard InChI is InChI=1S/C17H27BrN2/c1-4-16(14-8-7-9-15(18)12-14)19-13-17(20(2)3)10-5-6-11-17/h7-9,12,16,19H,4-6,10-11,13H2,1-3H3. The third-order valence-corrected chi connectivity index (χ3v) is 5.31. The summed E-state index contributed by atoms with van der Waals surface area (Å²) in [7, 11) is 4.46. The summed E-state index contributed by atoms with van der Waals surface area (Å²) in [5.74, 6) is 0. The van der Waals surface area contributed by atoms with Gasteiger partial charge in [-0.15, -0.1) is 0 Å². The van der Waals surface area contributed by atoms with Gasteiger partial charge in [0.25, 0.3) is 0 Å². The van der Waals surface area contributed by atoms with Gasteiger partial charge in [-0.25, -0.2) is 0 Å². The van der Waals surface area contributed by atoms with Gasteiger partial charge >= 0.3 is 0 Å². The lowest BCUT2D eigenvalue weighted by Crippen LogP contribution is -2.50. The molecule has 0 aliphatic heterocycles. The van der Waals surface area contributed by atoms with Crippen molar-refractivity contribution >= 4 is 15.9 Å². The summed E-state index contributed by atoms with van der Waals surface area (Å²) in [6, 6.07) is 9.13. The molecule has 1 aliphatic rings. The Balaban J connectivity index is 2.03. The van der Waals surface area contributed by atoms with Crippen LogP contribution >= 0.6 is 15.9 Å². The Morgan fingerprint density at radius 3 is 2.55 bits per heavy atom. The molecule has 0 radical (unpaired) electrons. The van der Waals surface area contributed by atoms with E-state index in [2.05, 4.69) is 71.4 Å². The summed E-state index contributed by atoms with van der Waals surface area (Å²) in [6.45, 7) is 3.35. The minimum Gasteiger partial charge on any atom is -0.308 e. The van der Waals surface area contributed by atoms with E-state index >= 15 is 0 Å². The zero-order valence-corrected chi connectivity index (χ0v) is 14.5. The molecule has 0 aromatic heterocycles. The topological polar surface area (TPSA) is 15.3 Å². The molecular formula is C17H27BrN2. The fourth-order valence-electron chi connectivity index (χ4n) is 3.35. The minimum atomic E-state index is 0.361. The first kappa shape index (κ1) is 16.0. The lowest BCUT2D eigenvalue weighted by molar-refractivity contribution is 0.148. The zero-order chi connectivity index (χ0) is 14.6. The van der Waals surface area contributed by atoms with Crippen LogP contribution in [0.3, 0.4) is 0 Å². The van der Waals surface area contributed by atoms with Crippen molar-refractivity contribution in [2.75, 3.05) is 20.6 Å². The molecule has 0 heterocycles. The van der Waals surface area contributed by atoms with E-state index in [4.69, 9.17) is 0 Å². The van der Waals surface area contributed by atoms with Crippen LogP contribution in [0.2, 0.25) is 0 Å². The van der Waals surface area contributed by atoms with Gasteiger partial charge in [-0.1, -0.05) is 47.8 Å². The van der Waals surface area contributed by atoms with Gasteiger partial charge in [-0.3, -0.25) is 0 Å². The summed E-state index contributed by atoms with van der Waals surface area (Å²) in [4.78, 5) is 2.43. The van der Waals surface area contributed by atoms with Crippen LogP contribution < -0.4 is 5.32 Å². The molecule has 2 rings (SSSR count). The lowest BCUT2D eigenvalue weighted by atomic mass is 9.94. The highest BCUT2D eigenvalue weighted by molar-refractivity contribution is 9.10.